The van der Waals surface area contributed by atoms with Gasteiger partial charge in [-0.1, -0.05) is 30.3 Å². The lowest BCUT2D eigenvalue weighted by Gasteiger charge is -2.05. The Morgan fingerprint density at radius 2 is 1.62 bits per heavy atom. The van der Waals surface area contributed by atoms with Crippen LogP contribution in [0, 0.1) is 0 Å². The SMILES string of the molecule is OB(O)c1ccc2ccc(C(F)F)cc2c1. The summed E-state index contributed by atoms with van der Waals surface area (Å²) in [6.45, 7) is 0. The minimum atomic E-state index is -2.52. The van der Waals surface area contributed by atoms with Gasteiger partial charge in [-0.3, -0.25) is 0 Å². The fraction of sp³-hybridized carbons (Fsp3) is 0.0909. The van der Waals surface area contributed by atoms with E-state index in [0.29, 0.717) is 10.8 Å². The van der Waals surface area contributed by atoms with Gasteiger partial charge in [-0.2, -0.15) is 0 Å². The van der Waals surface area contributed by atoms with Crippen molar-refractivity contribution in [1.29, 1.82) is 0 Å². The Morgan fingerprint density at radius 3 is 2.25 bits per heavy atom. The van der Waals surface area contributed by atoms with Gasteiger partial charge in [-0.05, 0) is 22.3 Å². The molecule has 0 aromatic heterocycles. The van der Waals surface area contributed by atoms with E-state index in [1.54, 1.807) is 18.2 Å². The van der Waals surface area contributed by atoms with Crippen molar-refractivity contribution in [1.82, 2.24) is 0 Å². The van der Waals surface area contributed by atoms with Crippen LogP contribution in [0.1, 0.15) is 12.0 Å². The highest BCUT2D eigenvalue weighted by Crippen LogP contribution is 2.23. The Labute approximate surface area is 91.3 Å². The second-order valence-electron chi connectivity index (χ2n) is 3.54. The summed E-state index contributed by atoms with van der Waals surface area (Å²) in [5.74, 6) is 0. The first kappa shape index (κ1) is 11.0. The standard InChI is InChI=1S/C11H9BF2O2/c13-11(14)8-2-1-7-3-4-10(12(15)16)6-9(7)5-8/h1-6,11,15-16H. The molecule has 0 amide bonds. The van der Waals surface area contributed by atoms with Crippen LogP contribution in [0.3, 0.4) is 0 Å². The van der Waals surface area contributed by atoms with Gasteiger partial charge in [0, 0.05) is 5.56 Å². The first-order valence-corrected chi connectivity index (χ1v) is 4.76. The van der Waals surface area contributed by atoms with Gasteiger partial charge >= 0.3 is 7.12 Å². The summed E-state index contributed by atoms with van der Waals surface area (Å²) >= 11 is 0. The van der Waals surface area contributed by atoms with E-state index < -0.39 is 13.5 Å². The summed E-state index contributed by atoms with van der Waals surface area (Å²) in [6.07, 6.45) is -2.52. The van der Waals surface area contributed by atoms with Crippen LogP contribution in [0.2, 0.25) is 0 Å². The molecule has 0 radical (unpaired) electrons. The molecular formula is C11H9BF2O2. The molecular weight excluding hydrogens is 213 g/mol. The zero-order valence-electron chi connectivity index (χ0n) is 8.27. The molecule has 82 valence electrons. The molecule has 5 heteroatoms. The summed E-state index contributed by atoms with van der Waals surface area (Å²) in [6, 6.07) is 9.01. The molecule has 0 aliphatic carbocycles. The molecule has 0 atom stereocenters. The molecule has 2 N–H and O–H groups in total. The van der Waals surface area contributed by atoms with Crippen LogP contribution in [0.25, 0.3) is 10.8 Å². The van der Waals surface area contributed by atoms with E-state index in [-0.39, 0.29) is 5.56 Å². The Hall–Kier alpha value is -1.46. The van der Waals surface area contributed by atoms with Crippen molar-refractivity contribution in [2.24, 2.45) is 0 Å². The molecule has 16 heavy (non-hydrogen) atoms. The van der Waals surface area contributed by atoms with Gasteiger partial charge in [-0.15, -0.1) is 0 Å². The van der Waals surface area contributed by atoms with Crippen molar-refractivity contribution in [3.63, 3.8) is 0 Å². The van der Waals surface area contributed by atoms with E-state index >= 15 is 0 Å². The van der Waals surface area contributed by atoms with Gasteiger partial charge in [-0.25, -0.2) is 8.78 Å². The van der Waals surface area contributed by atoms with Crippen LogP contribution in [0.5, 0.6) is 0 Å². The van der Waals surface area contributed by atoms with E-state index in [1.807, 2.05) is 0 Å². The highest BCUT2D eigenvalue weighted by Gasteiger charge is 2.12. The lowest BCUT2D eigenvalue weighted by molar-refractivity contribution is 0.151. The fourth-order valence-corrected chi connectivity index (χ4v) is 1.58. The smallest absolute Gasteiger partial charge is 0.423 e. The van der Waals surface area contributed by atoms with Crippen molar-refractivity contribution in [3.05, 3.63) is 42.0 Å². The van der Waals surface area contributed by atoms with Crippen molar-refractivity contribution in [2.75, 3.05) is 0 Å². The van der Waals surface area contributed by atoms with Gasteiger partial charge in [0.05, 0.1) is 0 Å². The number of alkyl halides is 2. The van der Waals surface area contributed by atoms with Crippen LogP contribution < -0.4 is 5.46 Å². The zero-order chi connectivity index (χ0) is 11.7. The molecule has 2 nitrogen and oxygen atoms in total. The molecule has 2 rings (SSSR count). The number of hydrogen-bond acceptors (Lipinski definition) is 2. The van der Waals surface area contributed by atoms with Gasteiger partial charge < -0.3 is 10.0 Å². The van der Waals surface area contributed by atoms with Crippen LogP contribution in [-0.2, 0) is 0 Å². The summed E-state index contributed by atoms with van der Waals surface area (Å²) in [7, 11) is -1.58. The van der Waals surface area contributed by atoms with Gasteiger partial charge in [0.15, 0.2) is 0 Å². The Morgan fingerprint density at radius 1 is 0.938 bits per heavy atom. The average molecular weight is 222 g/mol. The fourth-order valence-electron chi connectivity index (χ4n) is 1.58. The van der Waals surface area contributed by atoms with E-state index in [2.05, 4.69) is 0 Å². The lowest BCUT2D eigenvalue weighted by atomic mass is 9.79. The topological polar surface area (TPSA) is 40.5 Å². The molecule has 0 fully saturated rings. The molecule has 2 aromatic carbocycles. The first-order chi connectivity index (χ1) is 7.58. The molecule has 0 saturated carbocycles. The minimum Gasteiger partial charge on any atom is -0.423 e. The average Bonchev–Trinajstić information content (AvgIpc) is 2.27. The molecule has 0 unspecified atom stereocenters. The summed E-state index contributed by atoms with van der Waals surface area (Å²) in [5.41, 5.74) is 0.219. The van der Waals surface area contributed by atoms with E-state index in [1.165, 1.54) is 18.2 Å². The monoisotopic (exact) mass is 222 g/mol. The molecule has 0 spiro atoms. The summed E-state index contributed by atoms with van der Waals surface area (Å²) in [4.78, 5) is 0. The predicted molar refractivity (Wildman–Crippen MR) is 58.7 cm³/mol. The number of fused-ring (bicyclic) bond motifs is 1. The van der Waals surface area contributed by atoms with Crippen molar-refractivity contribution < 1.29 is 18.8 Å². The zero-order valence-corrected chi connectivity index (χ0v) is 8.27. The molecule has 0 heterocycles. The van der Waals surface area contributed by atoms with Crippen molar-refractivity contribution >= 4 is 23.4 Å². The normalized spacial score (nSPS) is 11.1. The largest absolute Gasteiger partial charge is 0.488 e. The molecule has 0 aliphatic rings. The minimum absolute atomic E-state index is 0.0721. The Balaban J connectivity index is 2.56. The van der Waals surface area contributed by atoms with Gasteiger partial charge in [0.25, 0.3) is 6.43 Å². The number of benzene rings is 2. The second kappa shape index (κ2) is 4.19. The third-order valence-electron chi connectivity index (χ3n) is 2.44. The molecule has 0 aliphatic heterocycles. The number of hydrogen-bond donors (Lipinski definition) is 2. The van der Waals surface area contributed by atoms with Gasteiger partial charge in [0.1, 0.15) is 0 Å². The van der Waals surface area contributed by atoms with Crippen molar-refractivity contribution in [2.45, 2.75) is 6.43 Å². The third kappa shape index (κ3) is 2.05. The third-order valence-corrected chi connectivity index (χ3v) is 2.44. The Bertz CT molecular complexity index is 472. The maximum Gasteiger partial charge on any atom is 0.488 e. The highest BCUT2D eigenvalue weighted by atomic mass is 19.3. The van der Waals surface area contributed by atoms with Crippen molar-refractivity contribution in [3.8, 4) is 0 Å². The predicted octanol–water partition coefficient (Wildman–Crippen LogP) is 1.46. The van der Waals surface area contributed by atoms with E-state index in [4.69, 9.17) is 10.0 Å². The summed E-state index contributed by atoms with van der Waals surface area (Å²) < 4.78 is 24.9. The maximum atomic E-state index is 12.5. The molecule has 2 aromatic rings. The Kier molecular flexibility index (Phi) is 2.89. The summed E-state index contributed by atoms with van der Waals surface area (Å²) in [5, 5.41) is 19.3. The van der Waals surface area contributed by atoms with Crippen LogP contribution in [0.15, 0.2) is 36.4 Å². The first-order valence-electron chi connectivity index (χ1n) is 4.76. The van der Waals surface area contributed by atoms with Crippen LogP contribution in [0.4, 0.5) is 8.78 Å². The lowest BCUT2D eigenvalue weighted by Crippen LogP contribution is -2.29. The highest BCUT2D eigenvalue weighted by molar-refractivity contribution is 6.58. The maximum absolute atomic E-state index is 12.5. The molecule has 0 bridgehead atoms. The van der Waals surface area contributed by atoms with E-state index in [0.717, 1.165) is 5.39 Å². The number of rotatable bonds is 2. The van der Waals surface area contributed by atoms with Crippen LogP contribution in [-0.4, -0.2) is 17.2 Å². The van der Waals surface area contributed by atoms with Crippen LogP contribution >= 0.6 is 0 Å². The number of halogens is 2. The van der Waals surface area contributed by atoms with Gasteiger partial charge in [0.2, 0.25) is 0 Å². The second-order valence-corrected chi connectivity index (χ2v) is 3.54. The molecule has 0 saturated heterocycles. The quantitative estimate of drug-likeness (QED) is 0.755. The van der Waals surface area contributed by atoms with E-state index in [9.17, 15) is 8.78 Å².